The van der Waals surface area contributed by atoms with Gasteiger partial charge in [0.1, 0.15) is 0 Å². The smallest absolute Gasteiger partial charge is 0.306 e. The van der Waals surface area contributed by atoms with E-state index in [1.54, 1.807) is 17.9 Å². The molecule has 2 rings (SSSR count). The lowest BCUT2D eigenvalue weighted by atomic mass is 10.1. The van der Waals surface area contributed by atoms with E-state index in [9.17, 15) is 14.4 Å². The van der Waals surface area contributed by atoms with Crippen LogP contribution in [0.3, 0.4) is 0 Å². The number of likely N-dealkylation sites (tertiary alicyclic amines) is 1. The largest absolute Gasteiger partial charge is 0.493 e. The van der Waals surface area contributed by atoms with Crippen molar-refractivity contribution in [2.24, 2.45) is 5.92 Å². The highest BCUT2D eigenvalue weighted by Gasteiger charge is 2.38. The Morgan fingerprint density at radius 3 is 2.50 bits per heavy atom. The number of benzene rings is 1. The van der Waals surface area contributed by atoms with Crippen molar-refractivity contribution in [2.75, 3.05) is 30.9 Å². The van der Waals surface area contributed by atoms with Gasteiger partial charge in [0.2, 0.25) is 0 Å². The SMILES string of the molecule is CCSC(SCC)[C@@H]1CCCN1C(=O)C(=O)c1cc(OC)c(OC=CCC(C)C(=O)O)cc1N. The first-order valence-corrected chi connectivity index (χ1v) is 13.4. The first-order chi connectivity index (χ1) is 16.2. The number of hydrogen-bond acceptors (Lipinski definition) is 8. The van der Waals surface area contributed by atoms with Crippen LogP contribution >= 0.6 is 23.5 Å². The van der Waals surface area contributed by atoms with Gasteiger partial charge in [0.05, 0.1) is 35.5 Å². The van der Waals surface area contributed by atoms with Crippen molar-refractivity contribution in [1.29, 1.82) is 0 Å². The van der Waals surface area contributed by atoms with Gasteiger partial charge >= 0.3 is 5.97 Å². The molecule has 0 aliphatic carbocycles. The normalized spacial score (nSPS) is 16.7. The average molecular weight is 511 g/mol. The van der Waals surface area contributed by atoms with Crippen LogP contribution in [0, 0.1) is 5.92 Å². The highest BCUT2D eigenvalue weighted by atomic mass is 32.2. The van der Waals surface area contributed by atoms with E-state index in [0.717, 1.165) is 24.3 Å². The summed E-state index contributed by atoms with van der Waals surface area (Å²) in [4.78, 5) is 39.0. The number of ketones is 1. The van der Waals surface area contributed by atoms with Gasteiger partial charge in [-0.1, -0.05) is 20.8 Å². The molecule has 0 saturated carbocycles. The lowest BCUT2D eigenvalue weighted by molar-refractivity contribution is -0.141. The monoisotopic (exact) mass is 510 g/mol. The van der Waals surface area contributed by atoms with Crippen molar-refractivity contribution in [3.8, 4) is 11.5 Å². The third-order valence-corrected chi connectivity index (χ3v) is 8.28. The summed E-state index contributed by atoms with van der Waals surface area (Å²) >= 11 is 3.62. The van der Waals surface area contributed by atoms with Crippen molar-refractivity contribution >= 4 is 46.9 Å². The molecule has 0 bridgehead atoms. The molecule has 1 amide bonds. The van der Waals surface area contributed by atoms with Crippen LogP contribution < -0.4 is 15.2 Å². The Kier molecular flexibility index (Phi) is 11.1. The molecule has 8 nitrogen and oxygen atoms in total. The van der Waals surface area contributed by atoms with Gasteiger partial charge in [0.15, 0.2) is 11.5 Å². The summed E-state index contributed by atoms with van der Waals surface area (Å²) in [6.07, 6.45) is 4.98. The first-order valence-electron chi connectivity index (χ1n) is 11.3. The molecule has 0 spiro atoms. The number of methoxy groups -OCH3 is 1. The van der Waals surface area contributed by atoms with E-state index in [-0.39, 0.29) is 33.4 Å². The number of Topliss-reactive ketones (excluding diaryl/α,β-unsaturated/α-hetero) is 1. The van der Waals surface area contributed by atoms with Crippen molar-refractivity contribution in [3.05, 3.63) is 30.0 Å². The lowest BCUT2D eigenvalue weighted by Crippen LogP contribution is -2.44. The molecule has 34 heavy (non-hydrogen) atoms. The molecule has 1 heterocycles. The topological polar surface area (TPSA) is 119 Å². The summed E-state index contributed by atoms with van der Waals surface area (Å²) in [5.41, 5.74) is 6.31. The van der Waals surface area contributed by atoms with Gasteiger partial charge in [-0.2, -0.15) is 0 Å². The number of nitrogens with two attached hydrogens (primary N) is 1. The lowest BCUT2D eigenvalue weighted by Gasteiger charge is -2.30. The number of carbonyl (C=O) groups is 3. The summed E-state index contributed by atoms with van der Waals surface area (Å²) in [6.45, 7) is 6.34. The molecule has 1 saturated heterocycles. The van der Waals surface area contributed by atoms with Gasteiger partial charge in [-0.05, 0) is 42.9 Å². The van der Waals surface area contributed by atoms with E-state index >= 15 is 0 Å². The first kappa shape index (κ1) is 27.9. The molecule has 0 aromatic heterocycles. The number of carboxylic acids is 1. The summed E-state index contributed by atoms with van der Waals surface area (Å²) < 4.78 is 11.1. The van der Waals surface area contributed by atoms with E-state index in [1.807, 2.05) is 23.5 Å². The van der Waals surface area contributed by atoms with Crippen molar-refractivity contribution < 1.29 is 29.0 Å². The van der Waals surface area contributed by atoms with E-state index in [2.05, 4.69) is 13.8 Å². The number of anilines is 1. The van der Waals surface area contributed by atoms with Crippen molar-refractivity contribution in [1.82, 2.24) is 4.90 Å². The number of nitrogens with zero attached hydrogens (tertiary/aromatic N) is 1. The minimum absolute atomic E-state index is 0.00964. The molecule has 1 aliphatic heterocycles. The fourth-order valence-corrected chi connectivity index (χ4v) is 6.55. The summed E-state index contributed by atoms with van der Waals surface area (Å²) in [6, 6.07) is 2.87. The molecule has 1 aromatic rings. The van der Waals surface area contributed by atoms with Crippen LogP contribution in [0.25, 0.3) is 0 Å². The molecular weight excluding hydrogens is 476 g/mol. The van der Waals surface area contributed by atoms with Crippen LogP contribution in [0.5, 0.6) is 11.5 Å². The van der Waals surface area contributed by atoms with E-state index < -0.39 is 23.6 Å². The highest BCUT2D eigenvalue weighted by molar-refractivity contribution is 8.17. The Morgan fingerprint density at radius 1 is 1.24 bits per heavy atom. The number of carboxylic acid groups (broad SMARTS) is 1. The second-order valence-electron chi connectivity index (χ2n) is 7.87. The standard InChI is InChI=1S/C24H34N2O6S2/c1-5-33-24(34-6-2)18-10-7-11-26(18)22(28)21(27)16-13-19(31-4)20(14-17(16)25)32-12-8-9-15(3)23(29)30/h8,12-15,18,24H,5-7,9-11,25H2,1-4H3,(H,29,30)/t15?,18-/m0/s1. The third-order valence-electron chi connectivity index (χ3n) is 5.51. The molecule has 1 fully saturated rings. The van der Waals surface area contributed by atoms with Crippen LogP contribution in [-0.2, 0) is 9.59 Å². The van der Waals surface area contributed by atoms with Gasteiger partial charge in [0, 0.05) is 18.3 Å². The Morgan fingerprint density at radius 2 is 1.91 bits per heavy atom. The maximum absolute atomic E-state index is 13.2. The maximum atomic E-state index is 13.2. The number of aliphatic carboxylic acids is 1. The number of ether oxygens (including phenoxy) is 2. The number of thioether (sulfide) groups is 2. The van der Waals surface area contributed by atoms with Crippen molar-refractivity contribution in [2.45, 2.75) is 50.7 Å². The number of allylic oxidation sites excluding steroid dienone is 1. The molecule has 0 radical (unpaired) electrons. The molecule has 1 aromatic carbocycles. The van der Waals surface area contributed by atoms with Gasteiger partial charge in [0.25, 0.3) is 11.7 Å². The van der Waals surface area contributed by atoms with E-state index in [4.69, 9.17) is 20.3 Å². The van der Waals surface area contributed by atoms with Crippen LogP contribution in [-0.4, -0.2) is 63.5 Å². The Hall–Kier alpha value is -2.33. The summed E-state index contributed by atoms with van der Waals surface area (Å²) in [5, 5.41) is 8.95. The molecule has 1 unspecified atom stereocenters. The quantitative estimate of drug-likeness (QED) is 0.132. The van der Waals surface area contributed by atoms with Crippen LogP contribution in [0.15, 0.2) is 24.5 Å². The molecule has 3 N–H and O–H groups in total. The Labute approximate surface area is 209 Å². The number of nitrogen functional groups attached to an aromatic ring is 1. The van der Waals surface area contributed by atoms with Gasteiger partial charge < -0.3 is 25.2 Å². The molecule has 1 aliphatic rings. The van der Waals surface area contributed by atoms with Crippen LogP contribution in [0.1, 0.15) is 50.4 Å². The van der Waals surface area contributed by atoms with Gasteiger partial charge in [-0.15, -0.1) is 23.5 Å². The van der Waals surface area contributed by atoms with Crippen LogP contribution in [0.4, 0.5) is 5.69 Å². The fraction of sp³-hybridized carbons (Fsp3) is 0.542. The minimum atomic E-state index is -0.896. The van der Waals surface area contributed by atoms with E-state index in [1.165, 1.54) is 25.5 Å². The number of amides is 1. The highest BCUT2D eigenvalue weighted by Crippen LogP contribution is 2.36. The van der Waals surface area contributed by atoms with Gasteiger partial charge in [-0.3, -0.25) is 14.4 Å². The molecule has 2 atom stereocenters. The maximum Gasteiger partial charge on any atom is 0.306 e. The summed E-state index contributed by atoms with van der Waals surface area (Å²) in [7, 11) is 1.43. The second kappa shape index (κ2) is 13.5. The Balaban J connectivity index is 2.19. The number of rotatable bonds is 13. The van der Waals surface area contributed by atoms with Gasteiger partial charge in [-0.25, -0.2) is 0 Å². The summed E-state index contributed by atoms with van der Waals surface area (Å²) in [5.74, 6) is -0.252. The molecular formula is C24H34N2O6S2. The van der Waals surface area contributed by atoms with Crippen LogP contribution in [0.2, 0.25) is 0 Å². The Bertz CT molecular complexity index is 902. The zero-order chi connectivity index (χ0) is 25.3. The number of carbonyl (C=O) groups excluding carboxylic acids is 2. The molecule has 188 valence electrons. The average Bonchev–Trinajstić information content (AvgIpc) is 3.30. The number of hydrogen-bond donors (Lipinski definition) is 2. The minimum Gasteiger partial charge on any atom is -0.493 e. The fourth-order valence-electron chi connectivity index (χ4n) is 3.68. The van der Waals surface area contributed by atoms with E-state index in [0.29, 0.717) is 13.0 Å². The predicted molar refractivity (Wildman–Crippen MR) is 138 cm³/mol. The zero-order valence-corrected chi connectivity index (χ0v) is 21.7. The zero-order valence-electron chi connectivity index (χ0n) is 20.1. The van der Waals surface area contributed by atoms with Crippen molar-refractivity contribution in [3.63, 3.8) is 0 Å². The predicted octanol–water partition coefficient (Wildman–Crippen LogP) is 4.29. The molecule has 10 heteroatoms. The third kappa shape index (κ3) is 7.09. The second-order valence-corrected chi connectivity index (χ2v) is 11.0.